The van der Waals surface area contributed by atoms with Crippen molar-refractivity contribution in [1.29, 1.82) is 0 Å². The largest absolute Gasteiger partial charge is 0.481 e. The summed E-state index contributed by atoms with van der Waals surface area (Å²) in [4.78, 5) is 20.2. The summed E-state index contributed by atoms with van der Waals surface area (Å²) < 4.78 is 10.4. The highest BCUT2D eigenvalue weighted by molar-refractivity contribution is 5.94. The standard InChI is InChI=1S/C17H15N3O3/c1-22-17-14(3-2-8-19-17)9-20-16(21)13-6-4-12(5-7-13)15-10-18-11-23-15/h2-8,10-11H,9H2,1H3,(H,20,21). The molecule has 1 aromatic carbocycles. The van der Waals surface area contributed by atoms with Gasteiger partial charge in [0.05, 0.1) is 13.3 Å². The fourth-order valence-corrected chi connectivity index (χ4v) is 2.16. The van der Waals surface area contributed by atoms with Gasteiger partial charge in [-0.25, -0.2) is 9.97 Å². The second-order valence-corrected chi connectivity index (χ2v) is 4.80. The summed E-state index contributed by atoms with van der Waals surface area (Å²) >= 11 is 0. The molecular weight excluding hydrogens is 294 g/mol. The highest BCUT2D eigenvalue weighted by Gasteiger charge is 2.09. The molecule has 116 valence electrons. The van der Waals surface area contributed by atoms with Crippen LogP contribution < -0.4 is 10.1 Å². The van der Waals surface area contributed by atoms with Gasteiger partial charge in [-0.05, 0) is 18.2 Å². The van der Waals surface area contributed by atoms with E-state index >= 15 is 0 Å². The third kappa shape index (κ3) is 3.37. The summed E-state index contributed by atoms with van der Waals surface area (Å²) in [5.41, 5.74) is 2.26. The Morgan fingerprint density at radius 3 is 2.78 bits per heavy atom. The quantitative estimate of drug-likeness (QED) is 0.784. The van der Waals surface area contributed by atoms with E-state index in [0.717, 1.165) is 11.1 Å². The lowest BCUT2D eigenvalue weighted by molar-refractivity contribution is 0.0950. The fourth-order valence-electron chi connectivity index (χ4n) is 2.16. The zero-order valence-corrected chi connectivity index (χ0v) is 12.5. The molecule has 0 aliphatic rings. The van der Waals surface area contributed by atoms with Gasteiger partial charge in [-0.3, -0.25) is 4.79 Å². The maximum Gasteiger partial charge on any atom is 0.251 e. The Labute approximate surface area is 133 Å². The second kappa shape index (κ2) is 6.74. The fraction of sp³-hybridized carbons (Fsp3) is 0.118. The van der Waals surface area contributed by atoms with Gasteiger partial charge < -0.3 is 14.5 Å². The molecule has 2 heterocycles. The van der Waals surface area contributed by atoms with Crippen LogP contribution in [0.2, 0.25) is 0 Å². The molecule has 6 heteroatoms. The van der Waals surface area contributed by atoms with Crippen LogP contribution in [0.5, 0.6) is 5.88 Å². The molecule has 0 spiro atoms. The van der Waals surface area contributed by atoms with Crippen LogP contribution in [0.25, 0.3) is 11.3 Å². The van der Waals surface area contributed by atoms with Crippen molar-refractivity contribution in [1.82, 2.24) is 15.3 Å². The number of methoxy groups -OCH3 is 1. The number of nitrogens with one attached hydrogen (secondary N) is 1. The molecule has 3 aromatic rings. The van der Waals surface area contributed by atoms with Gasteiger partial charge in [0.25, 0.3) is 5.91 Å². The first kappa shape index (κ1) is 14.8. The molecule has 0 atom stereocenters. The van der Waals surface area contributed by atoms with Gasteiger partial charge in [0, 0.05) is 29.4 Å². The highest BCUT2D eigenvalue weighted by Crippen LogP contribution is 2.19. The Hall–Kier alpha value is -3.15. The molecule has 3 rings (SSSR count). The molecule has 0 radical (unpaired) electrons. The van der Waals surface area contributed by atoms with Gasteiger partial charge in [0.15, 0.2) is 12.2 Å². The van der Waals surface area contributed by atoms with E-state index in [2.05, 4.69) is 15.3 Å². The monoisotopic (exact) mass is 309 g/mol. The van der Waals surface area contributed by atoms with Gasteiger partial charge in [0.1, 0.15) is 0 Å². The van der Waals surface area contributed by atoms with Gasteiger partial charge in [-0.15, -0.1) is 0 Å². The van der Waals surface area contributed by atoms with E-state index in [-0.39, 0.29) is 5.91 Å². The molecule has 0 unspecified atom stereocenters. The molecule has 0 aliphatic heterocycles. The maximum atomic E-state index is 12.2. The molecule has 6 nitrogen and oxygen atoms in total. The van der Waals surface area contributed by atoms with Crippen molar-refractivity contribution in [3.8, 4) is 17.2 Å². The van der Waals surface area contributed by atoms with Crippen LogP contribution in [0, 0.1) is 0 Å². The lowest BCUT2D eigenvalue weighted by Crippen LogP contribution is -2.23. The summed E-state index contributed by atoms with van der Waals surface area (Å²) in [6.45, 7) is 0.347. The lowest BCUT2D eigenvalue weighted by atomic mass is 10.1. The van der Waals surface area contributed by atoms with Crippen molar-refractivity contribution in [3.05, 3.63) is 66.3 Å². The van der Waals surface area contributed by atoms with Crippen LogP contribution in [0.3, 0.4) is 0 Å². The van der Waals surface area contributed by atoms with Crippen molar-refractivity contribution < 1.29 is 13.9 Å². The number of rotatable bonds is 5. The van der Waals surface area contributed by atoms with E-state index in [9.17, 15) is 4.79 Å². The highest BCUT2D eigenvalue weighted by atomic mass is 16.5. The van der Waals surface area contributed by atoms with E-state index in [4.69, 9.17) is 9.15 Å². The number of amides is 1. The van der Waals surface area contributed by atoms with Crippen LogP contribution in [0.15, 0.2) is 59.6 Å². The minimum Gasteiger partial charge on any atom is -0.481 e. The predicted octanol–water partition coefficient (Wildman–Crippen LogP) is 2.68. The third-order valence-corrected chi connectivity index (χ3v) is 3.35. The first-order chi connectivity index (χ1) is 11.3. The van der Waals surface area contributed by atoms with Gasteiger partial charge >= 0.3 is 0 Å². The molecule has 1 amide bonds. The van der Waals surface area contributed by atoms with Gasteiger partial charge in [-0.1, -0.05) is 18.2 Å². The van der Waals surface area contributed by atoms with Crippen LogP contribution in [0.4, 0.5) is 0 Å². The molecule has 23 heavy (non-hydrogen) atoms. The summed E-state index contributed by atoms with van der Waals surface area (Å²) in [6, 6.07) is 10.8. The molecule has 0 bridgehead atoms. The third-order valence-electron chi connectivity index (χ3n) is 3.35. The number of pyridine rings is 1. The number of carbonyl (C=O) groups is 1. The number of hydrogen-bond acceptors (Lipinski definition) is 5. The van der Waals surface area contributed by atoms with E-state index in [1.807, 2.05) is 18.2 Å². The topological polar surface area (TPSA) is 77.2 Å². The van der Waals surface area contributed by atoms with Crippen molar-refractivity contribution in [2.75, 3.05) is 7.11 Å². The average Bonchev–Trinajstić information content (AvgIpc) is 3.14. The number of ether oxygens (including phenoxy) is 1. The number of carbonyl (C=O) groups excluding carboxylic acids is 1. The molecule has 0 saturated heterocycles. The average molecular weight is 309 g/mol. The zero-order valence-electron chi connectivity index (χ0n) is 12.5. The van der Waals surface area contributed by atoms with Gasteiger partial charge in [0.2, 0.25) is 5.88 Å². The Morgan fingerprint density at radius 1 is 1.26 bits per heavy atom. The van der Waals surface area contributed by atoms with Crippen molar-refractivity contribution in [2.45, 2.75) is 6.54 Å². The number of aromatic nitrogens is 2. The molecule has 0 saturated carbocycles. The Balaban J connectivity index is 1.66. The first-order valence-corrected chi connectivity index (χ1v) is 7.03. The van der Waals surface area contributed by atoms with Crippen molar-refractivity contribution in [2.24, 2.45) is 0 Å². The number of oxazole rings is 1. The molecule has 2 aromatic heterocycles. The zero-order chi connectivity index (χ0) is 16.1. The van der Waals surface area contributed by atoms with E-state index in [0.29, 0.717) is 23.7 Å². The molecule has 1 N–H and O–H groups in total. The normalized spacial score (nSPS) is 10.3. The van der Waals surface area contributed by atoms with Crippen molar-refractivity contribution in [3.63, 3.8) is 0 Å². The first-order valence-electron chi connectivity index (χ1n) is 7.03. The summed E-state index contributed by atoms with van der Waals surface area (Å²) in [7, 11) is 1.55. The number of benzene rings is 1. The number of hydrogen-bond donors (Lipinski definition) is 1. The minimum atomic E-state index is -0.167. The van der Waals surface area contributed by atoms with Crippen LogP contribution in [-0.4, -0.2) is 23.0 Å². The van der Waals surface area contributed by atoms with E-state index < -0.39 is 0 Å². The molecule has 0 fully saturated rings. The van der Waals surface area contributed by atoms with Crippen molar-refractivity contribution >= 4 is 5.91 Å². The summed E-state index contributed by atoms with van der Waals surface area (Å²) in [6.07, 6.45) is 4.65. The predicted molar refractivity (Wildman–Crippen MR) is 83.9 cm³/mol. The second-order valence-electron chi connectivity index (χ2n) is 4.80. The maximum absolute atomic E-state index is 12.2. The SMILES string of the molecule is COc1ncccc1CNC(=O)c1ccc(-c2cnco2)cc1. The Bertz CT molecular complexity index is 783. The van der Waals surface area contributed by atoms with E-state index in [1.54, 1.807) is 37.7 Å². The lowest BCUT2D eigenvalue weighted by Gasteiger charge is -2.08. The van der Waals surface area contributed by atoms with Crippen LogP contribution in [0.1, 0.15) is 15.9 Å². The minimum absolute atomic E-state index is 0.167. The number of nitrogens with zero attached hydrogens (tertiary/aromatic N) is 2. The van der Waals surface area contributed by atoms with Gasteiger partial charge in [-0.2, -0.15) is 0 Å². The Morgan fingerprint density at radius 2 is 2.09 bits per heavy atom. The van der Waals surface area contributed by atoms with Crippen LogP contribution in [-0.2, 0) is 6.54 Å². The summed E-state index contributed by atoms with van der Waals surface area (Å²) in [5.74, 6) is 1.01. The van der Waals surface area contributed by atoms with Crippen LogP contribution >= 0.6 is 0 Å². The molecular formula is C17H15N3O3. The molecule has 0 aliphatic carbocycles. The smallest absolute Gasteiger partial charge is 0.251 e. The Kier molecular flexibility index (Phi) is 4.33. The summed E-state index contributed by atoms with van der Waals surface area (Å²) in [5, 5.41) is 2.85. The van der Waals surface area contributed by atoms with E-state index in [1.165, 1.54) is 6.39 Å².